The Morgan fingerprint density at radius 1 is 1.04 bits per heavy atom. The van der Waals surface area contributed by atoms with Crippen molar-refractivity contribution < 1.29 is 9.59 Å². The Kier molecular flexibility index (Phi) is 3.44. The lowest BCUT2D eigenvalue weighted by molar-refractivity contribution is 0.102. The second-order valence-corrected chi connectivity index (χ2v) is 6.26. The summed E-state index contributed by atoms with van der Waals surface area (Å²) in [6, 6.07) is 13.6. The SMILES string of the molecule is O=C(Nc1ccc2c3c(cccc13)C(=O)N2)c1ccc(Cl)cc1Cl. The van der Waals surface area contributed by atoms with Gasteiger partial charge >= 0.3 is 0 Å². The predicted octanol–water partition coefficient (Wildman–Crippen LogP) is 4.96. The number of benzene rings is 3. The van der Waals surface area contributed by atoms with Crippen molar-refractivity contribution in [2.24, 2.45) is 0 Å². The first-order chi connectivity index (χ1) is 11.5. The molecule has 0 aliphatic carbocycles. The maximum absolute atomic E-state index is 12.5. The van der Waals surface area contributed by atoms with Crippen molar-refractivity contribution in [3.8, 4) is 0 Å². The highest BCUT2D eigenvalue weighted by atomic mass is 35.5. The van der Waals surface area contributed by atoms with Gasteiger partial charge in [-0.2, -0.15) is 0 Å². The molecule has 0 atom stereocenters. The molecular weight excluding hydrogens is 347 g/mol. The molecule has 3 aromatic carbocycles. The Morgan fingerprint density at radius 2 is 1.88 bits per heavy atom. The molecule has 0 unspecified atom stereocenters. The fraction of sp³-hybridized carbons (Fsp3) is 0. The van der Waals surface area contributed by atoms with E-state index in [1.54, 1.807) is 36.4 Å². The standard InChI is InChI=1S/C18H10Cl2N2O2/c19-9-4-5-10(13(20)8-9)17(23)21-14-6-7-15-16-11(14)2-1-3-12(16)18(24)22-15/h1-8H,(H,21,23)(H,22,24). The Hall–Kier alpha value is -2.56. The van der Waals surface area contributed by atoms with Crippen LogP contribution in [0.3, 0.4) is 0 Å². The van der Waals surface area contributed by atoms with Crippen molar-refractivity contribution in [3.63, 3.8) is 0 Å². The third-order valence-corrected chi connectivity index (χ3v) is 4.51. The van der Waals surface area contributed by atoms with Gasteiger partial charge in [-0.15, -0.1) is 0 Å². The van der Waals surface area contributed by atoms with E-state index >= 15 is 0 Å². The highest BCUT2D eigenvalue weighted by molar-refractivity contribution is 6.37. The van der Waals surface area contributed by atoms with Gasteiger partial charge in [0, 0.05) is 32.7 Å². The van der Waals surface area contributed by atoms with Crippen LogP contribution in [0.5, 0.6) is 0 Å². The van der Waals surface area contributed by atoms with Crippen LogP contribution in [0.1, 0.15) is 20.7 Å². The maximum atomic E-state index is 12.5. The molecule has 0 bridgehead atoms. The second kappa shape index (κ2) is 5.51. The topological polar surface area (TPSA) is 58.2 Å². The summed E-state index contributed by atoms with van der Waals surface area (Å²) < 4.78 is 0. The largest absolute Gasteiger partial charge is 0.321 e. The van der Waals surface area contributed by atoms with Gasteiger partial charge in [-0.05, 0) is 36.4 Å². The van der Waals surface area contributed by atoms with Gasteiger partial charge in [-0.1, -0.05) is 35.3 Å². The fourth-order valence-electron chi connectivity index (χ4n) is 2.86. The van der Waals surface area contributed by atoms with E-state index in [2.05, 4.69) is 10.6 Å². The molecule has 2 amide bonds. The van der Waals surface area contributed by atoms with Crippen LogP contribution < -0.4 is 10.6 Å². The lowest BCUT2D eigenvalue weighted by Gasteiger charge is -2.11. The first-order valence-electron chi connectivity index (χ1n) is 7.18. The normalized spacial score (nSPS) is 12.3. The van der Waals surface area contributed by atoms with E-state index in [1.165, 1.54) is 6.07 Å². The van der Waals surface area contributed by atoms with Gasteiger partial charge in [0.2, 0.25) is 0 Å². The van der Waals surface area contributed by atoms with Gasteiger partial charge in [0.1, 0.15) is 0 Å². The highest BCUT2D eigenvalue weighted by Crippen LogP contribution is 2.37. The zero-order valence-corrected chi connectivity index (χ0v) is 13.7. The van der Waals surface area contributed by atoms with Crippen molar-refractivity contribution in [3.05, 3.63) is 69.7 Å². The molecule has 2 N–H and O–H groups in total. The summed E-state index contributed by atoms with van der Waals surface area (Å²) in [4.78, 5) is 24.5. The van der Waals surface area contributed by atoms with Gasteiger partial charge in [0.15, 0.2) is 0 Å². The Morgan fingerprint density at radius 3 is 2.67 bits per heavy atom. The monoisotopic (exact) mass is 356 g/mol. The molecule has 1 aliphatic heterocycles. The van der Waals surface area contributed by atoms with Crippen LogP contribution in [0, 0.1) is 0 Å². The second-order valence-electron chi connectivity index (χ2n) is 5.42. The molecule has 1 aliphatic rings. The Balaban J connectivity index is 1.77. The van der Waals surface area contributed by atoms with Crippen LogP contribution in [-0.4, -0.2) is 11.8 Å². The number of carbonyl (C=O) groups is 2. The number of hydrogen-bond acceptors (Lipinski definition) is 2. The van der Waals surface area contributed by atoms with Crippen molar-refractivity contribution in [2.75, 3.05) is 10.6 Å². The number of amides is 2. The summed E-state index contributed by atoms with van der Waals surface area (Å²) in [6.07, 6.45) is 0. The maximum Gasteiger partial charge on any atom is 0.257 e. The third-order valence-electron chi connectivity index (χ3n) is 3.96. The molecule has 118 valence electrons. The molecule has 24 heavy (non-hydrogen) atoms. The quantitative estimate of drug-likeness (QED) is 0.681. The number of anilines is 2. The van der Waals surface area contributed by atoms with Crippen LogP contribution >= 0.6 is 23.2 Å². The molecule has 4 nitrogen and oxygen atoms in total. The molecule has 0 saturated heterocycles. The van der Waals surface area contributed by atoms with E-state index in [0.29, 0.717) is 21.8 Å². The lowest BCUT2D eigenvalue weighted by Crippen LogP contribution is -2.12. The third kappa shape index (κ3) is 2.31. The van der Waals surface area contributed by atoms with E-state index in [9.17, 15) is 9.59 Å². The number of hydrogen-bond donors (Lipinski definition) is 2. The van der Waals surface area contributed by atoms with E-state index in [1.807, 2.05) is 6.07 Å². The molecule has 0 aromatic heterocycles. The van der Waals surface area contributed by atoms with E-state index < -0.39 is 0 Å². The smallest absolute Gasteiger partial charge is 0.257 e. The molecule has 0 spiro atoms. The number of rotatable bonds is 2. The summed E-state index contributed by atoms with van der Waals surface area (Å²) in [6.45, 7) is 0. The van der Waals surface area contributed by atoms with Gasteiger partial charge in [-0.25, -0.2) is 0 Å². The zero-order chi connectivity index (χ0) is 16.8. The lowest BCUT2D eigenvalue weighted by atomic mass is 10.0. The molecule has 3 aromatic rings. The number of nitrogens with one attached hydrogen (secondary N) is 2. The Bertz CT molecular complexity index is 1030. The van der Waals surface area contributed by atoms with Crippen LogP contribution in [0.25, 0.3) is 10.8 Å². The van der Waals surface area contributed by atoms with Gasteiger partial charge in [0.25, 0.3) is 11.8 Å². The molecule has 1 heterocycles. The predicted molar refractivity (Wildman–Crippen MR) is 96.3 cm³/mol. The average Bonchev–Trinajstić information content (AvgIpc) is 2.88. The van der Waals surface area contributed by atoms with Gasteiger partial charge in [-0.3, -0.25) is 9.59 Å². The van der Waals surface area contributed by atoms with Gasteiger partial charge in [0.05, 0.1) is 10.6 Å². The Labute approximate surface area is 147 Å². The molecular formula is C18H10Cl2N2O2. The highest BCUT2D eigenvalue weighted by Gasteiger charge is 2.23. The average molecular weight is 357 g/mol. The van der Waals surface area contributed by atoms with Crippen LogP contribution in [0.4, 0.5) is 11.4 Å². The first kappa shape index (κ1) is 15.0. The van der Waals surface area contributed by atoms with Crippen molar-refractivity contribution >= 4 is 57.2 Å². The molecule has 0 fully saturated rings. The van der Waals surface area contributed by atoms with E-state index in [-0.39, 0.29) is 16.8 Å². The summed E-state index contributed by atoms with van der Waals surface area (Å²) in [7, 11) is 0. The minimum Gasteiger partial charge on any atom is -0.321 e. The first-order valence-corrected chi connectivity index (χ1v) is 7.93. The van der Waals surface area contributed by atoms with Crippen LogP contribution in [0.2, 0.25) is 10.0 Å². The molecule has 6 heteroatoms. The van der Waals surface area contributed by atoms with Gasteiger partial charge < -0.3 is 10.6 Å². The zero-order valence-electron chi connectivity index (χ0n) is 12.2. The minimum absolute atomic E-state index is 0.139. The van der Waals surface area contributed by atoms with Crippen LogP contribution in [-0.2, 0) is 0 Å². The molecule has 4 rings (SSSR count). The molecule has 0 radical (unpaired) electrons. The van der Waals surface area contributed by atoms with Crippen molar-refractivity contribution in [1.29, 1.82) is 0 Å². The van der Waals surface area contributed by atoms with Crippen molar-refractivity contribution in [2.45, 2.75) is 0 Å². The van der Waals surface area contributed by atoms with E-state index in [4.69, 9.17) is 23.2 Å². The fourth-order valence-corrected chi connectivity index (χ4v) is 3.36. The summed E-state index contributed by atoms with van der Waals surface area (Å²) >= 11 is 11.9. The minimum atomic E-state index is -0.338. The van der Waals surface area contributed by atoms with Crippen LogP contribution in [0.15, 0.2) is 48.5 Å². The van der Waals surface area contributed by atoms with Crippen molar-refractivity contribution in [1.82, 2.24) is 0 Å². The summed E-state index contributed by atoms with van der Waals surface area (Å²) in [5.41, 5.74) is 2.29. The number of carbonyl (C=O) groups excluding carboxylic acids is 2. The van der Waals surface area contributed by atoms with E-state index in [0.717, 1.165) is 16.5 Å². The molecule has 0 saturated carbocycles. The summed E-state index contributed by atoms with van der Waals surface area (Å²) in [5.74, 6) is -0.477. The summed E-state index contributed by atoms with van der Waals surface area (Å²) in [5, 5.41) is 8.01. The number of halogens is 2.